The summed E-state index contributed by atoms with van der Waals surface area (Å²) in [6, 6.07) is 17.8. The van der Waals surface area contributed by atoms with Crippen molar-refractivity contribution in [3.05, 3.63) is 111 Å². The van der Waals surface area contributed by atoms with Crippen LogP contribution in [0.2, 0.25) is 0 Å². The highest BCUT2D eigenvalue weighted by molar-refractivity contribution is 5.81. The van der Waals surface area contributed by atoms with Gasteiger partial charge in [0, 0.05) is 52.6 Å². The van der Waals surface area contributed by atoms with Crippen molar-refractivity contribution in [3.8, 4) is 0 Å². The smallest absolute Gasteiger partial charge is 0.136 e. The van der Waals surface area contributed by atoms with Crippen molar-refractivity contribution in [2.24, 2.45) is 5.92 Å². The highest BCUT2D eigenvalue weighted by Crippen LogP contribution is 2.43. The van der Waals surface area contributed by atoms with E-state index in [4.69, 9.17) is 4.42 Å². The molecule has 1 fully saturated rings. The fraction of sp³-hybridized carbons (Fsp3) is 0.273. The Morgan fingerprint density at radius 1 is 0.917 bits per heavy atom. The van der Waals surface area contributed by atoms with Crippen LogP contribution in [0.15, 0.2) is 94.1 Å². The maximum Gasteiger partial charge on any atom is 0.136 e. The number of allylic oxidation sites excluding steroid dienone is 4. The van der Waals surface area contributed by atoms with Gasteiger partial charge in [0.25, 0.3) is 0 Å². The first kappa shape index (κ1) is 21.6. The third-order valence-electron chi connectivity index (χ3n) is 8.53. The first-order valence-electron chi connectivity index (χ1n) is 13.1. The largest absolute Gasteiger partial charge is 0.456 e. The zero-order chi connectivity index (χ0) is 24.4. The SMILES string of the molecule is CC1=CC=C(c2ccccc2[C@H]2CN3C=C(C)C(C)=CC3C3=c4oc5ccccc5c4=CC2C3)NC1. The van der Waals surface area contributed by atoms with Crippen LogP contribution in [0.5, 0.6) is 0 Å². The zero-order valence-corrected chi connectivity index (χ0v) is 21.2. The lowest BCUT2D eigenvalue weighted by atomic mass is 9.78. The molecular weight excluding hydrogens is 440 g/mol. The first-order chi connectivity index (χ1) is 17.6. The van der Waals surface area contributed by atoms with Crippen molar-refractivity contribution in [1.29, 1.82) is 0 Å². The van der Waals surface area contributed by atoms with Crippen LogP contribution in [0, 0.1) is 5.92 Å². The highest BCUT2D eigenvalue weighted by Gasteiger charge is 2.38. The summed E-state index contributed by atoms with van der Waals surface area (Å²) in [5.74, 6) is 0.776. The van der Waals surface area contributed by atoms with E-state index in [0.29, 0.717) is 11.8 Å². The summed E-state index contributed by atoms with van der Waals surface area (Å²) >= 11 is 0. The summed E-state index contributed by atoms with van der Waals surface area (Å²) in [5, 5.41) is 6.18. The molecule has 2 bridgehead atoms. The molecule has 4 heterocycles. The van der Waals surface area contributed by atoms with Crippen molar-refractivity contribution >= 4 is 28.3 Å². The Balaban J connectivity index is 1.46. The zero-order valence-electron chi connectivity index (χ0n) is 21.2. The molecule has 180 valence electrons. The van der Waals surface area contributed by atoms with Gasteiger partial charge < -0.3 is 14.6 Å². The molecule has 7 rings (SSSR count). The summed E-state index contributed by atoms with van der Waals surface area (Å²) in [4.78, 5) is 2.57. The number of fused-ring (bicyclic) bond motifs is 7. The topological polar surface area (TPSA) is 28.4 Å². The van der Waals surface area contributed by atoms with Gasteiger partial charge >= 0.3 is 0 Å². The molecule has 4 aliphatic rings. The normalized spacial score (nSPS) is 24.9. The molecule has 3 atom stereocenters. The highest BCUT2D eigenvalue weighted by atomic mass is 16.3. The molecule has 3 nitrogen and oxygen atoms in total. The summed E-state index contributed by atoms with van der Waals surface area (Å²) in [6.07, 6.45) is 12.9. The van der Waals surface area contributed by atoms with Crippen molar-refractivity contribution in [3.63, 3.8) is 0 Å². The van der Waals surface area contributed by atoms with E-state index < -0.39 is 0 Å². The Bertz CT molecular complexity index is 1640. The number of benzene rings is 2. The van der Waals surface area contributed by atoms with E-state index in [2.05, 4.69) is 110 Å². The lowest BCUT2D eigenvalue weighted by molar-refractivity contribution is 0.331. The van der Waals surface area contributed by atoms with Gasteiger partial charge in [0.2, 0.25) is 0 Å². The molecule has 0 radical (unpaired) electrons. The van der Waals surface area contributed by atoms with Gasteiger partial charge in [-0.2, -0.15) is 0 Å². The molecule has 1 aromatic heterocycles. The van der Waals surface area contributed by atoms with E-state index in [1.54, 1.807) is 0 Å². The average molecular weight is 473 g/mol. The van der Waals surface area contributed by atoms with Crippen molar-refractivity contribution in [1.82, 2.24) is 10.2 Å². The summed E-state index contributed by atoms with van der Waals surface area (Å²) < 4.78 is 6.54. The number of rotatable bonds is 2. The van der Waals surface area contributed by atoms with E-state index in [1.165, 1.54) is 49.7 Å². The standard InChI is InChI=1S/C33H32N2O/c1-20-12-13-30(34-17-20)25-9-5-4-8-24(25)29-19-35-18-22(3)21(2)14-31(35)28-16-23(29)15-27-26-10-6-7-11-32(26)36-33(27)28/h4-15,18,23,29,31,34H,16-17,19H2,1-3H3/t23?,29-,31?/m0/s1. The van der Waals surface area contributed by atoms with Gasteiger partial charge in [0.1, 0.15) is 11.0 Å². The Labute approximate surface area is 212 Å². The van der Waals surface area contributed by atoms with E-state index in [-0.39, 0.29) is 6.04 Å². The third-order valence-corrected chi connectivity index (χ3v) is 8.53. The van der Waals surface area contributed by atoms with Gasteiger partial charge in [0.15, 0.2) is 0 Å². The molecule has 2 unspecified atom stereocenters. The summed E-state index contributed by atoms with van der Waals surface area (Å²) in [6.45, 7) is 8.54. The lowest BCUT2D eigenvalue weighted by Crippen LogP contribution is -2.38. The molecule has 1 saturated heterocycles. The number of hydrogen-bond acceptors (Lipinski definition) is 3. The van der Waals surface area contributed by atoms with Crippen molar-refractivity contribution in [2.45, 2.75) is 39.2 Å². The molecule has 3 aliphatic heterocycles. The predicted octanol–water partition coefficient (Wildman–Crippen LogP) is 5.61. The average Bonchev–Trinajstić information content (AvgIpc) is 3.22. The van der Waals surface area contributed by atoms with E-state index in [0.717, 1.165) is 30.5 Å². The molecule has 2 aromatic carbocycles. The van der Waals surface area contributed by atoms with Crippen LogP contribution in [0.3, 0.4) is 0 Å². The minimum absolute atomic E-state index is 0.235. The van der Waals surface area contributed by atoms with Crippen molar-refractivity contribution in [2.75, 3.05) is 13.1 Å². The van der Waals surface area contributed by atoms with Crippen LogP contribution >= 0.6 is 0 Å². The number of para-hydroxylation sites is 1. The van der Waals surface area contributed by atoms with E-state index in [9.17, 15) is 0 Å². The maximum atomic E-state index is 6.54. The van der Waals surface area contributed by atoms with Crippen molar-refractivity contribution < 1.29 is 4.42 Å². The number of nitrogens with one attached hydrogen (secondary N) is 1. The Morgan fingerprint density at radius 2 is 1.75 bits per heavy atom. The maximum absolute atomic E-state index is 6.54. The minimum atomic E-state index is 0.235. The monoisotopic (exact) mass is 472 g/mol. The predicted molar refractivity (Wildman–Crippen MR) is 148 cm³/mol. The van der Waals surface area contributed by atoms with Crippen LogP contribution in [0.4, 0.5) is 0 Å². The fourth-order valence-electron chi connectivity index (χ4n) is 6.48. The quantitative estimate of drug-likeness (QED) is 0.526. The fourth-order valence-corrected chi connectivity index (χ4v) is 6.48. The molecule has 1 N–H and O–H groups in total. The number of hydrogen-bond donors (Lipinski definition) is 1. The Morgan fingerprint density at radius 3 is 2.61 bits per heavy atom. The molecule has 0 spiro atoms. The van der Waals surface area contributed by atoms with Crippen LogP contribution in [0.25, 0.3) is 28.3 Å². The first-order valence-corrected chi connectivity index (χ1v) is 13.1. The molecule has 3 aromatic rings. The van der Waals surface area contributed by atoms with Crippen LogP contribution < -0.4 is 16.0 Å². The van der Waals surface area contributed by atoms with Gasteiger partial charge in [-0.15, -0.1) is 0 Å². The van der Waals surface area contributed by atoms with Crippen LogP contribution in [-0.2, 0) is 0 Å². The van der Waals surface area contributed by atoms with E-state index >= 15 is 0 Å². The molecular formula is C33H32N2O. The van der Waals surface area contributed by atoms with E-state index in [1.807, 2.05) is 0 Å². The van der Waals surface area contributed by atoms with Gasteiger partial charge in [-0.05, 0) is 62.0 Å². The Kier molecular flexibility index (Phi) is 4.89. The second-order valence-electron chi connectivity index (χ2n) is 10.8. The second-order valence-corrected chi connectivity index (χ2v) is 10.8. The summed E-state index contributed by atoms with van der Waals surface area (Å²) in [7, 11) is 0. The lowest BCUT2D eigenvalue weighted by Gasteiger charge is -2.34. The molecule has 0 amide bonds. The second kappa shape index (κ2) is 8.16. The molecule has 1 aliphatic carbocycles. The van der Waals surface area contributed by atoms with Gasteiger partial charge in [-0.3, -0.25) is 0 Å². The molecule has 3 heteroatoms. The Hall–Kier alpha value is -3.72. The molecule has 0 saturated carbocycles. The van der Waals surface area contributed by atoms with Crippen LogP contribution in [-0.4, -0.2) is 24.0 Å². The van der Waals surface area contributed by atoms with Gasteiger partial charge in [-0.25, -0.2) is 0 Å². The number of furan rings is 1. The minimum Gasteiger partial charge on any atom is -0.456 e. The van der Waals surface area contributed by atoms with Gasteiger partial charge in [-0.1, -0.05) is 66.3 Å². The third kappa shape index (κ3) is 3.33. The number of dihydropyridines is 1. The summed E-state index contributed by atoms with van der Waals surface area (Å²) in [5.41, 5.74) is 11.6. The molecule has 36 heavy (non-hydrogen) atoms. The van der Waals surface area contributed by atoms with Crippen LogP contribution in [0.1, 0.15) is 44.2 Å². The number of nitrogens with zero attached hydrogens (tertiary/aromatic N) is 1. The van der Waals surface area contributed by atoms with Gasteiger partial charge in [0.05, 0.1) is 6.04 Å².